The third kappa shape index (κ3) is 0.988. The smallest absolute Gasteiger partial charge is 0.193 e. The summed E-state index contributed by atoms with van der Waals surface area (Å²) in [5.41, 5.74) is 1.46. The van der Waals surface area contributed by atoms with Crippen molar-refractivity contribution in [2.45, 2.75) is 0 Å². The van der Waals surface area contributed by atoms with Crippen molar-refractivity contribution in [1.82, 2.24) is 9.07 Å². The molecule has 0 saturated carbocycles. The molecule has 0 bridgehead atoms. The van der Waals surface area contributed by atoms with Gasteiger partial charge in [0.1, 0.15) is 5.52 Å². The SMILES string of the molecule is Clc1cccc2n[c]n(Cl)c12. The highest BCUT2D eigenvalue weighted by atomic mass is 35.5. The second-order valence-electron chi connectivity index (χ2n) is 2.10. The first-order valence-electron chi connectivity index (χ1n) is 3.00. The van der Waals surface area contributed by atoms with Gasteiger partial charge < -0.3 is 0 Å². The first-order chi connectivity index (χ1) is 5.29. The number of fused-ring (bicyclic) bond motifs is 1. The van der Waals surface area contributed by atoms with Gasteiger partial charge >= 0.3 is 0 Å². The topological polar surface area (TPSA) is 17.8 Å². The summed E-state index contributed by atoms with van der Waals surface area (Å²) in [6.45, 7) is 0. The van der Waals surface area contributed by atoms with E-state index in [-0.39, 0.29) is 0 Å². The van der Waals surface area contributed by atoms with E-state index in [2.05, 4.69) is 11.3 Å². The van der Waals surface area contributed by atoms with E-state index in [0.29, 0.717) is 10.5 Å². The summed E-state index contributed by atoms with van der Waals surface area (Å²) >= 11 is 11.5. The Morgan fingerprint density at radius 1 is 1.45 bits per heavy atom. The molecule has 1 aromatic heterocycles. The molecule has 0 N–H and O–H groups in total. The molecule has 4 heteroatoms. The van der Waals surface area contributed by atoms with E-state index in [1.807, 2.05) is 12.1 Å². The average molecular weight is 186 g/mol. The summed E-state index contributed by atoms with van der Waals surface area (Å²) in [5, 5.41) is 0.589. The average Bonchev–Trinajstić information content (AvgIpc) is 2.34. The molecule has 0 aliphatic rings. The standard InChI is InChI=1S/C7H3Cl2N2/c8-5-2-1-3-6-7(5)11(9)4-10-6/h1-3H. The molecule has 0 atom stereocenters. The lowest BCUT2D eigenvalue weighted by Gasteiger charge is -1.92. The number of hydrogen-bond acceptors (Lipinski definition) is 1. The van der Waals surface area contributed by atoms with Crippen LogP contribution in [0.3, 0.4) is 0 Å². The lowest BCUT2D eigenvalue weighted by Crippen LogP contribution is -1.76. The van der Waals surface area contributed by atoms with Gasteiger partial charge in [-0.05, 0) is 12.1 Å². The summed E-state index contributed by atoms with van der Waals surface area (Å²) in [5.74, 6) is 0. The molecule has 55 valence electrons. The molecule has 11 heavy (non-hydrogen) atoms. The van der Waals surface area contributed by atoms with Crippen molar-refractivity contribution < 1.29 is 0 Å². The molecule has 0 aliphatic carbocycles. The summed E-state index contributed by atoms with van der Waals surface area (Å²) < 4.78 is 1.26. The van der Waals surface area contributed by atoms with Crippen LogP contribution in [0.5, 0.6) is 0 Å². The first-order valence-corrected chi connectivity index (χ1v) is 3.71. The predicted octanol–water partition coefficient (Wildman–Crippen LogP) is 2.49. The predicted molar refractivity (Wildman–Crippen MR) is 44.8 cm³/mol. The maximum atomic E-state index is 5.84. The number of halogens is 2. The second-order valence-corrected chi connectivity index (χ2v) is 2.85. The number of hydrogen-bond donors (Lipinski definition) is 0. The van der Waals surface area contributed by atoms with Crippen LogP contribution in [-0.4, -0.2) is 9.07 Å². The fourth-order valence-corrected chi connectivity index (χ4v) is 1.45. The van der Waals surface area contributed by atoms with Crippen LogP contribution in [0.25, 0.3) is 11.0 Å². The van der Waals surface area contributed by atoms with E-state index in [1.165, 1.54) is 4.09 Å². The van der Waals surface area contributed by atoms with Gasteiger partial charge in [0.05, 0.1) is 10.5 Å². The van der Waals surface area contributed by atoms with E-state index in [0.717, 1.165) is 5.52 Å². The Morgan fingerprint density at radius 3 is 3.00 bits per heavy atom. The van der Waals surface area contributed by atoms with Gasteiger partial charge in [-0.25, -0.2) is 9.07 Å². The number of rotatable bonds is 0. The van der Waals surface area contributed by atoms with Gasteiger partial charge in [0.2, 0.25) is 0 Å². The molecule has 2 aromatic rings. The Bertz CT molecular complexity index is 394. The summed E-state index contributed by atoms with van der Waals surface area (Å²) in [4.78, 5) is 3.90. The Balaban J connectivity index is 2.96. The van der Waals surface area contributed by atoms with Crippen LogP contribution in [0.2, 0.25) is 5.02 Å². The number of nitrogens with zero attached hydrogens (tertiary/aromatic N) is 2. The van der Waals surface area contributed by atoms with Crippen molar-refractivity contribution in [1.29, 1.82) is 0 Å². The molecule has 2 rings (SSSR count). The van der Waals surface area contributed by atoms with Crippen LogP contribution in [0.1, 0.15) is 0 Å². The number of aromatic nitrogens is 2. The monoisotopic (exact) mass is 185 g/mol. The highest BCUT2D eigenvalue weighted by Gasteiger charge is 2.03. The van der Waals surface area contributed by atoms with Crippen LogP contribution < -0.4 is 0 Å². The zero-order valence-corrected chi connectivity index (χ0v) is 6.89. The molecule has 0 aliphatic heterocycles. The van der Waals surface area contributed by atoms with Crippen LogP contribution in [0.4, 0.5) is 0 Å². The van der Waals surface area contributed by atoms with Gasteiger partial charge in [-0.1, -0.05) is 17.7 Å². The number of imidazole rings is 1. The minimum atomic E-state index is 0.589. The maximum absolute atomic E-state index is 5.84. The van der Waals surface area contributed by atoms with Gasteiger partial charge in [-0.15, -0.1) is 0 Å². The largest absolute Gasteiger partial charge is 0.229 e. The van der Waals surface area contributed by atoms with Crippen LogP contribution in [0.15, 0.2) is 18.2 Å². The zero-order valence-electron chi connectivity index (χ0n) is 5.38. The molecule has 0 amide bonds. The third-order valence-corrected chi connectivity index (χ3v) is 1.97. The molecule has 0 fully saturated rings. The summed E-state index contributed by atoms with van der Waals surface area (Å²) in [6.07, 6.45) is 2.57. The molecule has 1 heterocycles. The van der Waals surface area contributed by atoms with E-state index in [4.69, 9.17) is 23.4 Å². The van der Waals surface area contributed by atoms with Crippen molar-refractivity contribution in [3.8, 4) is 0 Å². The van der Waals surface area contributed by atoms with Crippen molar-refractivity contribution in [3.05, 3.63) is 29.5 Å². The Labute approximate surface area is 73.5 Å². The van der Waals surface area contributed by atoms with Gasteiger partial charge in [0.25, 0.3) is 0 Å². The number of benzene rings is 1. The van der Waals surface area contributed by atoms with Crippen molar-refractivity contribution in [3.63, 3.8) is 0 Å². The van der Waals surface area contributed by atoms with Crippen molar-refractivity contribution in [2.24, 2.45) is 0 Å². The lowest BCUT2D eigenvalue weighted by atomic mass is 10.3. The molecule has 1 radical (unpaired) electrons. The molecule has 0 spiro atoms. The second kappa shape index (κ2) is 2.40. The number of para-hydroxylation sites is 1. The first kappa shape index (κ1) is 6.95. The van der Waals surface area contributed by atoms with Crippen LogP contribution >= 0.6 is 23.4 Å². The van der Waals surface area contributed by atoms with Gasteiger partial charge in [-0.2, -0.15) is 0 Å². The lowest BCUT2D eigenvalue weighted by molar-refractivity contribution is 1.23. The molecular formula is C7H3Cl2N2. The molecule has 2 nitrogen and oxygen atoms in total. The van der Waals surface area contributed by atoms with Crippen molar-refractivity contribution >= 4 is 34.4 Å². The zero-order chi connectivity index (χ0) is 7.84. The fraction of sp³-hybridized carbons (Fsp3) is 0. The minimum Gasteiger partial charge on any atom is -0.229 e. The van der Waals surface area contributed by atoms with Gasteiger partial charge in [0, 0.05) is 11.8 Å². The Morgan fingerprint density at radius 2 is 2.27 bits per heavy atom. The molecule has 0 saturated heterocycles. The fourth-order valence-electron chi connectivity index (χ4n) is 0.936. The summed E-state index contributed by atoms with van der Waals surface area (Å²) in [7, 11) is 0. The molecule has 1 aromatic carbocycles. The molecular weight excluding hydrogens is 183 g/mol. The Kier molecular flexibility index (Phi) is 1.51. The van der Waals surface area contributed by atoms with Crippen LogP contribution in [-0.2, 0) is 0 Å². The Hall–Kier alpha value is -0.730. The quantitative estimate of drug-likeness (QED) is 0.617. The third-order valence-electron chi connectivity index (χ3n) is 1.42. The molecule has 0 unspecified atom stereocenters. The van der Waals surface area contributed by atoms with E-state index >= 15 is 0 Å². The highest BCUT2D eigenvalue weighted by Crippen LogP contribution is 2.22. The van der Waals surface area contributed by atoms with E-state index < -0.39 is 0 Å². The minimum absolute atomic E-state index is 0.589. The van der Waals surface area contributed by atoms with Gasteiger partial charge in [0.15, 0.2) is 6.33 Å². The summed E-state index contributed by atoms with van der Waals surface area (Å²) in [6, 6.07) is 5.41. The highest BCUT2D eigenvalue weighted by molar-refractivity contribution is 6.36. The van der Waals surface area contributed by atoms with E-state index in [1.54, 1.807) is 6.07 Å². The normalized spacial score (nSPS) is 10.7. The maximum Gasteiger partial charge on any atom is 0.193 e. The van der Waals surface area contributed by atoms with E-state index in [9.17, 15) is 0 Å². The van der Waals surface area contributed by atoms with Crippen molar-refractivity contribution in [2.75, 3.05) is 0 Å². The van der Waals surface area contributed by atoms with Crippen LogP contribution in [0, 0.1) is 6.33 Å². The van der Waals surface area contributed by atoms with Gasteiger partial charge in [-0.3, -0.25) is 0 Å².